The van der Waals surface area contributed by atoms with E-state index in [0.717, 1.165) is 28.3 Å². The number of carboxylic acids is 1. The number of amides is 1. The highest BCUT2D eigenvalue weighted by molar-refractivity contribution is 6.31. The van der Waals surface area contributed by atoms with Gasteiger partial charge in [-0.25, -0.2) is 4.39 Å². The van der Waals surface area contributed by atoms with E-state index in [2.05, 4.69) is 23.2 Å². The fourth-order valence-corrected chi connectivity index (χ4v) is 4.67. The normalized spacial score (nSPS) is 12.7. The Hall–Kier alpha value is -3.38. The average Bonchev–Trinajstić information content (AvgIpc) is 2.81. The van der Waals surface area contributed by atoms with Crippen molar-refractivity contribution in [2.75, 3.05) is 11.9 Å². The first-order valence-corrected chi connectivity index (χ1v) is 12.3. The molecule has 7 heteroatoms. The van der Waals surface area contributed by atoms with Crippen molar-refractivity contribution in [1.82, 2.24) is 5.32 Å². The summed E-state index contributed by atoms with van der Waals surface area (Å²) in [6.07, 6.45) is 0.848. The van der Waals surface area contributed by atoms with E-state index in [1.807, 2.05) is 32.2 Å². The molecule has 36 heavy (non-hydrogen) atoms. The molecule has 0 aromatic heterocycles. The number of nitrogens with one attached hydrogen (secondary N) is 1. The molecule has 0 aliphatic carbocycles. The van der Waals surface area contributed by atoms with Gasteiger partial charge in [0.05, 0.1) is 6.04 Å². The van der Waals surface area contributed by atoms with Crippen LogP contribution in [-0.4, -0.2) is 30.1 Å². The highest BCUT2D eigenvalue weighted by Gasteiger charge is 2.21. The number of carbonyl (C=O) groups excluding carboxylic acids is 1. The van der Waals surface area contributed by atoms with Gasteiger partial charge < -0.3 is 15.3 Å². The standard InChI is InChI=1S/C29H32ClFN2O3/c1-7-26(20-8-10-24(30)16(2)12-20)33(6)22-9-11-25(31)23(15-22)21-13-17(3)27(18(4)14-21)28(34)32-19(5)29(35)36/h8-15,19,26H,7H2,1-6H3,(H,32,34)(H,35,36)/t19-,26+/m0/s1. The van der Waals surface area contributed by atoms with Crippen LogP contribution in [0.4, 0.5) is 10.1 Å². The Bertz CT molecular complexity index is 1280. The molecule has 0 saturated heterocycles. The molecule has 2 atom stereocenters. The summed E-state index contributed by atoms with van der Waals surface area (Å²) in [5.41, 5.74) is 5.75. The topological polar surface area (TPSA) is 69.6 Å². The lowest BCUT2D eigenvalue weighted by Crippen LogP contribution is -2.38. The Morgan fingerprint density at radius 2 is 1.67 bits per heavy atom. The maximum Gasteiger partial charge on any atom is 0.325 e. The zero-order valence-electron chi connectivity index (χ0n) is 21.4. The third kappa shape index (κ3) is 5.71. The maximum atomic E-state index is 15.0. The van der Waals surface area contributed by atoms with E-state index >= 15 is 4.39 Å². The summed E-state index contributed by atoms with van der Waals surface area (Å²) in [5, 5.41) is 12.3. The van der Waals surface area contributed by atoms with Gasteiger partial charge in [0.15, 0.2) is 0 Å². The summed E-state index contributed by atoms with van der Waals surface area (Å²) >= 11 is 6.22. The van der Waals surface area contributed by atoms with Crippen LogP contribution in [0.3, 0.4) is 0 Å². The number of aryl methyl sites for hydroxylation is 3. The fourth-order valence-electron chi connectivity index (χ4n) is 4.55. The van der Waals surface area contributed by atoms with Crippen LogP contribution in [0.5, 0.6) is 0 Å². The van der Waals surface area contributed by atoms with Gasteiger partial charge in [0, 0.05) is 28.9 Å². The number of carbonyl (C=O) groups is 2. The zero-order valence-corrected chi connectivity index (χ0v) is 22.2. The molecule has 0 radical (unpaired) electrons. The van der Waals surface area contributed by atoms with Gasteiger partial charge in [0.25, 0.3) is 5.91 Å². The van der Waals surface area contributed by atoms with Crippen molar-refractivity contribution in [1.29, 1.82) is 0 Å². The van der Waals surface area contributed by atoms with Gasteiger partial charge in [0.2, 0.25) is 0 Å². The molecule has 0 heterocycles. The average molecular weight is 511 g/mol. The monoisotopic (exact) mass is 510 g/mol. The van der Waals surface area contributed by atoms with Gasteiger partial charge in [0.1, 0.15) is 11.9 Å². The second kappa shape index (κ2) is 11.1. The van der Waals surface area contributed by atoms with Crippen molar-refractivity contribution in [2.45, 2.75) is 53.1 Å². The van der Waals surface area contributed by atoms with Crippen molar-refractivity contribution in [3.05, 3.63) is 87.2 Å². The van der Waals surface area contributed by atoms with Gasteiger partial charge in [-0.1, -0.05) is 42.8 Å². The molecule has 0 bridgehead atoms. The molecule has 3 aromatic carbocycles. The third-order valence-electron chi connectivity index (χ3n) is 6.57. The predicted octanol–water partition coefficient (Wildman–Crippen LogP) is 6.86. The second-order valence-corrected chi connectivity index (χ2v) is 9.63. The number of anilines is 1. The van der Waals surface area contributed by atoms with E-state index in [4.69, 9.17) is 16.7 Å². The van der Waals surface area contributed by atoms with Crippen molar-refractivity contribution in [3.8, 4) is 11.1 Å². The van der Waals surface area contributed by atoms with E-state index in [0.29, 0.717) is 27.8 Å². The van der Waals surface area contributed by atoms with Gasteiger partial charge >= 0.3 is 5.97 Å². The molecule has 0 spiro atoms. The second-order valence-electron chi connectivity index (χ2n) is 9.23. The molecule has 0 unspecified atom stereocenters. The third-order valence-corrected chi connectivity index (χ3v) is 6.99. The molecule has 3 rings (SSSR count). The van der Waals surface area contributed by atoms with Crippen LogP contribution in [-0.2, 0) is 4.79 Å². The largest absolute Gasteiger partial charge is 0.480 e. The van der Waals surface area contributed by atoms with Crippen molar-refractivity contribution in [3.63, 3.8) is 0 Å². The van der Waals surface area contributed by atoms with Crippen molar-refractivity contribution in [2.24, 2.45) is 0 Å². The minimum atomic E-state index is -1.11. The number of hydrogen-bond donors (Lipinski definition) is 2. The molecular weight excluding hydrogens is 479 g/mol. The van der Waals surface area contributed by atoms with E-state index in [1.165, 1.54) is 13.0 Å². The number of aliphatic carboxylic acids is 1. The van der Waals surface area contributed by atoms with Crippen LogP contribution >= 0.6 is 11.6 Å². The molecule has 190 valence electrons. The number of nitrogens with zero attached hydrogens (tertiary/aromatic N) is 1. The summed E-state index contributed by atoms with van der Waals surface area (Å²) in [5.74, 6) is -1.94. The van der Waals surface area contributed by atoms with Gasteiger partial charge in [-0.05, 0) is 86.2 Å². The predicted molar refractivity (Wildman–Crippen MR) is 143 cm³/mol. The lowest BCUT2D eigenvalue weighted by atomic mass is 9.94. The van der Waals surface area contributed by atoms with Crippen LogP contribution in [0.2, 0.25) is 5.02 Å². The number of halogens is 2. The number of carboxylic acid groups (broad SMARTS) is 1. The minimum absolute atomic E-state index is 0.0741. The van der Waals surface area contributed by atoms with E-state index in [1.54, 1.807) is 32.0 Å². The summed E-state index contributed by atoms with van der Waals surface area (Å²) in [6.45, 7) is 9.02. The van der Waals surface area contributed by atoms with E-state index in [9.17, 15) is 9.59 Å². The molecule has 5 nitrogen and oxygen atoms in total. The fraction of sp³-hybridized carbons (Fsp3) is 0.310. The van der Waals surface area contributed by atoms with E-state index < -0.39 is 17.9 Å². The lowest BCUT2D eigenvalue weighted by Gasteiger charge is -2.30. The van der Waals surface area contributed by atoms with Crippen molar-refractivity contribution < 1.29 is 19.1 Å². The Kier molecular flexibility index (Phi) is 8.41. The summed E-state index contributed by atoms with van der Waals surface area (Å²) in [6, 6.07) is 13.6. The van der Waals surface area contributed by atoms with Gasteiger partial charge in [-0.2, -0.15) is 0 Å². The molecular formula is C29H32ClFN2O3. The van der Waals surface area contributed by atoms with Gasteiger partial charge in [-0.3, -0.25) is 9.59 Å². The number of benzene rings is 3. The minimum Gasteiger partial charge on any atom is -0.480 e. The highest BCUT2D eigenvalue weighted by Crippen LogP contribution is 2.35. The first kappa shape index (κ1) is 27.2. The number of hydrogen-bond acceptors (Lipinski definition) is 3. The molecule has 3 aromatic rings. The Morgan fingerprint density at radius 3 is 2.22 bits per heavy atom. The van der Waals surface area contributed by atoms with Gasteiger partial charge in [-0.15, -0.1) is 0 Å². The molecule has 2 N–H and O–H groups in total. The Morgan fingerprint density at radius 1 is 1.03 bits per heavy atom. The maximum absolute atomic E-state index is 15.0. The summed E-state index contributed by atoms with van der Waals surface area (Å²) < 4.78 is 15.0. The van der Waals surface area contributed by atoms with E-state index in [-0.39, 0.29) is 11.9 Å². The first-order valence-electron chi connectivity index (χ1n) is 11.9. The Balaban J connectivity index is 1.98. The first-order chi connectivity index (χ1) is 16.9. The quantitative estimate of drug-likeness (QED) is 0.347. The van der Waals surface area contributed by atoms with Crippen LogP contribution in [0.25, 0.3) is 11.1 Å². The molecule has 0 aliphatic rings. The molecule has 1 amide bonds. The van der Waals surface area contributed by atoms with Crippen LogP contribution < -0.4 is 10.2 Å². The van der Waals surface area contributed by atoms with Crippen LogP contribution in [0, 0.1) is 26.6 Å². The SMILES string of the molecule is CC[C@H](c1ccc(Cl)c(C)c1)N(C)c1ccc(F)c(-c2cc(C)c(C(=O)N[C@@H](C)C(=O)O)c(C)c2)c1. The number of rotatable bonds is 8. The van der Waals surface area contributed by atoms with Crippen molar-refractivity contribution >= 4 is 29.2 Å². The highest BCUT2D eigenvalue weighted by atomic mass is 35.5. The summed E-state index contributed by atoms with van der Waals surface area (Å²) in [7, 11) is 1.99. The molecule has 0 fully saturated rings. The Labute approximate surface area is 216 Å². The van der Waals surface area contributed by atoms with Crippen LogP contribution in [0.1, 0.15) is 58.9 Å². The zero-order chi connectivity index (χ0) is 26.7. The lowest BCUT2D eigenvalue weighted by molar-refractivity contribution is -0.138. The molecule has 0 aliphatic heterocycles. The summed E-state index contributed by atoms with van der Waals surface area (Å²) in [4.78, 5) is 25.9. The van der Waals surface area contributed by atoms with Crippen LogP contribution in [0.15, 0.2) is 48.5 Å². The molecule has 0 saturated carbocycles. The smallest absolute Gasteiger partial charge is 0.325 e.